The standard InChI is InChI=1S/C17H17FO2/c1-17(2,14-8-10-15(18)11-9-14)16(19)20-12-13-6-4-3-5-7-13/h3-11H,12H2,1-2H3. The molecular weight excluding hydrogens is 255 g/mol. The Labute approximate surface area is 118 Å². The van der Waals surface area contributed by atoms with Crippen molar-refractivity contribution in [2.75, 3.05) is 0 Å². The third-order valence-corrected chi connectivity index (χ3v) is 3.29. The van der Waals surface area contributed by atoms with Crippen LogP contribution in [0, 0.1) is 5.82 Å². The Hall–Kier alpha value is -2.16. The van der Waals surface area contributed by atoms with E-state index in [4.69, 9.17) is 4.74 Å². The summed E-state index contributed by atoms with van der Waals surface area (Å²) in [7, 11) is 0. The average molecular weight is 272 g/mol. The minimum Gasteiger partial charge on any atom is -0.460 e. The van der Waals surface area contributed by atoms with E-state index in [-0.39, 0.29) is 18.4 Å². The first-order chi connectivity index (χ1) is 9.50. The van der Waals surface area contributed by atoms with Crippen LogP contribution in [0.5, 0.6) is 0 Å². The lowest BCUT2D eigenvalue weighted by Crippen LogP contribution is -2.31. The van der Waals surface area contributed by atoms with Gasteiger partial charge in [0.1, 0.15) is 12.4 Å². The fourth-order valence-corrected chi connectivity index (χ4v) is 1.89. The number of carbonyl (C=O) groups is 1. The molecule has 0 atom stereocenters. The number of esters is 1. The number of hydrogen-bond acceptors (Lipinski definition) is 2. The van der Waals surface area contributed by atoms with Crippen LogP contribution < -0.4 is 0 Å². The molecule has 2 aromatic rings. The van der Waals surface area contributed by atoms with Crippen LogP contribution in [0.15, 0.2) is 54.6 Å². The summed E-state index contributed by atoms with van der Waals surface area (Å²) in [6.45, 7) is 3.78. The summed E-state index contributed by atoms with van der Waals surface area (Å²) < 4.78 is 18.3. The molecule has 0 N–H and O–H groups in total. The molecule has 0 unspecified atom stereocenters. The van der Waals surface area contributed by atoms with Crippen LogP contribution in [-0.2, 0) is 21.6 Å². The predicted molar refractivity (Wildman–Crippen MR) is 75.7 cm³/mol. The first-order valence-electron chi connectivity index (χ1n) is 6.47. The minimum absolute atomic E-state index is 0.240. The fourth-order valence-electron chi connectivity index (χ4n) is 1.89. The van der Waals surface area contributed by atoms with E-state index in [1.165, 1.54) is 12.1 Å². The second kappa shape index (κ2) is 5.87. The van der Waals surface area contributed by atoms with Crippen LogP contribution in [0.25, 0.3) is 0 Å². The zero-order valence-corrected chi connectivity index (χ0v) is 11.6. The van der Waals surface area contributed by atoms with Crippen molar-refractivity contribution in [2.24, 2.45) is 0 Å². The van der Waals surface area contributed by atoms with Crippen molar-refractivity contribution in [3.8, 4) is 0 Å². The van der Waals surface area contributed by atoms with Crippen LogP contribution in [0.3, 0.4) is 0 Å². The molecule has 0 aromatic heterocycles. The summed E-state index contributed by atoms with van der Waals surface area (Å²) in [6.07, 6.45) is 0. The maximum absolute atomic E-state index is 12.9. The summed E-state index contributed by atoms with van der Waals surface area (Å²) in [6, 6.07) is 15.4. The van der Waals surface area contributed by atoms with Crippen LogP contribution in [0.4, 0.5) is 4.39 Å². The largest absolute Gasteiger partial charge is 0.460 e. The van der Waals surface area contributed by atoms with E-state index in [1.807, 2.05) is 30.3 Å². The quantitative estimate of drug-likeness (QED) is 0.790. The molecule has 0 aliphatic carbocycles. The molecule has 2 rings (SSSR count). The molecule has 0 bridgehead atoms. The molecule has 0 fully saturated rings. The maximum Gasteiger partial charge on any atom is 0.316 e. The molecule has 0 spiro atoms. The summed E-state index contributed by atoms with van der Waals surface area (Å²) in [5.74, 6) is -0.643. The van der Waals surface area contributed by atoms with Crippen LogP contribution in [-0.4, -0.2) is 5.97 Å². The predicted octanol–water partition coefficient (Wildman–Crippen LogP) is 3.85. The normalized spacial score (nSPS) is 11.2. The van der Waals surface area contributed by atoms with Gasteiger partial charge in [-0.3, -0.25) is 4.79 Å². The monoisotopic (exact) mass is 272 g/mol. The molecule has 0 saturated heterocycles. The van der Waals surface area contributed by atoms with Crippen molar-refractivity contribution in [2.45, 2.75) is 25.9 Å². The van der Waals surface area contributed by atoms with Crippen molar-refractivity contribution >= 4 is 5.97 Å². The van der Waals surface area contributed by atoms with Gasteiger partial charge in [0.15, 0.2) is 0 Å². The molecular formula is C17H17FO2. The van der Waals surface area contributed by atoms with Gasteiger partial charge in [-0.1, -0.05) is 42.5 Å². The van der Waals surface area contributed by atoms with E-state index >= 15 is 0 Å². The van der Waals surface area contributed by atoms with Crippen molar-refractivity contribution in [1.82, 2.24) is 0 Å². The van der Waals surface area contributed by atoms with Crippen molar-refractivity contribution in [3.63, 3.8) is 0 Å². The second-order valence-corrected chi connectivity index (χ2v) is 5.19. The molecule has 104 valence electrons. The Morgan fingerprint density at radius 3 is 2.25 bits per heavy atom. The second-order valence-electron chi connectivity index (χ2n) is 5.19. The molecule has 0 radical (unpaired) electrons. The van der Waals surface area contributed by atoms with Crippen LogP contribution >= 0.6 is 0 Å². The van der Waals surface area contributed by atoms with Crippen molar-refractivity contribution < 1.29 is 13.9 Å². The van der Waals surface area contributed by atoms with Crippen molar-refractivity contribution in [3.05, 3.63) is 71.5 Å². The Balaban J connectivity index is 2.05. The van der Waals surface area contributed by atoms with Gasteiger partial charge in [-0.25, -0.2) is 4.39 Å². The smallest absolute Gasteiger partial charge is 0.316 e. The highest BCUT2D eigenvalue weighted by Gasteiger charge is 2.31. The summed E-state index contributed by atoms with van der Waals surface area (Å²) in [5, 5.41) is 0. The molecule has 2 nitrogen and oxygen atoms in total. The number of hydrogen-bond donors (Lipinski definition) is 0. The van der Waals surface area contributed by atoms with E-state index in [1.54, 1.807) is 26.0 Å². The van der Waals surface area contributed by atoms with Gasteiger partial charge >= 0.3 is 5.97 Å². The lowest BCUT2D eigenvalue weighted by molar-refractivity contribution is -0.150. The third kappa shape index (κ3) is 3.23. The van der Waals surface area contributed by atoms with E-state index in [9.17, 15) is 9.18 Å². The van der Waals surface area contributed by atoms with Gasteiger partial charge < -0.3 is 4.74 Å². The molecule has 20 heavy (non-hydrogen) atoms. The topological polar surface area (TPSA) is 26.3 Å². The van der Waals surface area contributed by atoms with Gasteiger partial charge in [0, 0.05) is 0 Å². The summed E-state index contributed by atoms with van der Waals surface area (Å²) in [5.41, 5.74) is 0.871. The molecule has 0 aliphatic heterocycles. The number of halogens is 1. The van der Waals surface area contributed by atoms with Gasteiger partial charge in [0.25, 0.3) is 0 Å². The lowest BCUT2D eigenvalue weighted by Gasteiger charge is -2.23. The highest BCUT2D eigenvalue weighted by atomic mass is 19.1. The van der Waals surface area contributed by atoms with Gasteiger partial charge in [0.05, 0.1) is 5.41 Å². The zero-order valence-electron chi connectivity index (χ0n) is 11.6. The molecule has 0 amide bonds. The number of rotatable bonds is 4. The third-order valence-electron chi connectivity index (χ3n) is 3.29. The first-order valence-corrected chi connectivity index (χ1v) is 6.47. The molecule has 0 heterocycles. The molecule has 0 aliphatic rings. The van der Waals surface area contributed by atoms with Crippen LogP contribution in [0.1, 0.15) is 25.0 Å². The highest BCUT2D eigenvalue weighted by molar-refractivity contribution is 5.82. The molecule has 0 saturated carbocycles. The summed E-state index contributed by atoms with van der Waals surface area (Å²) >= 11 is 0. The molecule has 3 heteroatoms. The number of benzene rings is 2. The van der Waals surface area contributed by atoms with Crippen LogP contribution in [0.2, 0.25) is 0 Å². The van der Waals surface area contributed by atoms with E-state index in [0.717, 1.165) is 11.1 Å². The maximum atomic E-state index is 12.9. The Bertz CT molecular complexity index is 574. The molecule has 2 aromatic carbocycles. The Morgan fingerprint density at radius 1 is 1.05 bits per heavy atom. The Kier molecular flexibility index (Phi) is 4.18. The minimum atomic E-state index is -0.803. The van der Waals surface area contributed by atoms with Gasteiger partial charge in [-0.15, -0.1) is 0 Å². The van der Waals surface area contributed by atoms with Gasteiger partial charge in [-0.05, 0) is 37.1 Å². The van der Waals surface area contributed by atoms with E-state index < -0.39 is 5.41 Å². The average Bonchev–Trinajstić information content (AvgIpc) is 2.46. The number of ether oxygens (including phenoxy) is 1. The first kappa shape index (κ1) is 14.3. The van der Waals surface area contributed by atoms with Gasteiger partial charge in [-0.2, -0.15) is 0 Å². The zero-order chi connectivity index (χ0) is 14.6. The van der Waals surface area contributed by atoms with Crippen molar-refractivity contribution in [1.29, 1.82) is 0 Å². The SMILES string of the molecule is CC(C)(C(=O)OCc1ccccc1)c1ccc(F)cc1. The highest BCUT2D eigenvalue weighted by Crippen LogP contribution is 2.25. The number of carbonyl (C=O) groups excluding carboxylic acids is 1. The van der Waals surface area contributed by atoms with E-state index in [0.29, 0.717) is 0 Å². The lowest BCUT2D eigenvalue weighted by atomic mass is 9.85. The Morgan fingerprint density at radius 2 is 1.65 bits per heavy atom. The summed E-state index contributed by atoms with van der Waals surface area (Å²) in [4.78, 5) is 12.2. The van der Waals surface area contributed by atoms with E-state index in [2.05, 4.69) is 0 Å². The fraction of sp³-hybridized carbons (Fsp3) is 0.235. The van der Waals surface area contributed by atoms with Gasteiger partial charge in [0.2, 0.25) is 0 Å².